The van der Waals surface area contributed by atoms with Gasteiger partial charge < -0.3 is 5.32 Å². The number of rotatable bonds is 7. The van der Waals surface area contributed by atoms with Crippen molar-refractivity contribution in [2.75, 3.05) is 0 Å². The van der Waals surface area contributed by atoms with Gasteiger partial charge in [0, 0.05) is 54.9 Å². The predicted molar refractivity (Wildman–Crippen MR) is 133 cm³/mol. The van der Waals surface area contributed by atoms with Crippen LogP contribution < -0.4 is 5.32 Å². The minimum atomic E-state index is -0.117. The average Bonchev–Trinajstić information content (AvgIpc) is 2.92. The van der Waals surface area contributed by atoms with Gasteiger partial charge in [-0.2, -0.15) is 5.26 Å². The van der Waals surface area contributed by atoms with Crippen molar-refractivity contribution in [1.29, 1.82) is 5.26 Å². The van der Waals surface area contributed by atoms with Gasteiger partial charge in [0.2, 0.25) is 0 Å². The quantitative estimate of drug-likeness (QED) is 0.358. The van der Waals surface area contributed by atoms with Crippen molar-refractivity contribution in [2.45, 2.75) is 18.5 Å². The Hall–Kier alpha value is -4.40. The summed E-state index contributed by atoms with van der Waals surface area (Å²) >= 11 is 0. The molecule has 2 aromatic carbocycles. The van der Waals surface area contributed by atoms with Gasteiger partial charge in [0.05, 0.1) is 17.1 Å². The van der Waals surface area contributed by atoms with Gasteiger partial charge in [-0.1, -0.05) is 42.5 Å². The molecule has 0 aliphatic carbocycles. The first-order valence-electron chi connectivity index (χ1n) is 11.2. The first-order chi connectivity index (χ1) is 16.8. The van der Waals surface area contributed by atoms with E-state index >= 15 is 0 Å². The molecule has 1 unspecified atom stereocenters. The number of nitriles is 1. The zero-order valence-corrected chi connectivity index (χ0v) is 18.5. The lowest BCUT2D eigenvalue weighted by Crippen LogP contribution is -2.28. The Kier molecular flexibility index (Phi) is 6.33. The SMILES string of the molecule is N#Cc1cccc(C(NCc2cnc3ccccc3c2)C(c2cccnc2)c2cccnc2)c1. The van der Waals surface area contributed by atoms with Crippen molar-refractivity contribution in [1.82, 2.24) is 20.3 Å². The van der Waals surface area contributed by atoms with Crippen LogP contribution in [0.4, 0.5) is 0 Å². The van der Waals surface area contributed by atoms with Crippen LogP contribution in [0.5, 0.6) is 0 Å². The Labute approximate surface area is 198 Å². The highest BCUT2D eigenvalue weighted by molar-refractivity contribution is 5.78. The highest BCUT2D eigenvalue weighted by Gasteiger charge is 2.27. The molecule has 0 aliphatic heterocycles. The van der Waals surface area contributed by atoms with E-state index in [-0.39, 0.29) is 12.0 Å². The largest absolute Gasteiger partial charge is 0.305 e. The van der Waals surface area contributed by atoms with Crippen molar-refractivity contribution < 1.29 is 0 Å². The summed E-state index contributed by atoms with van der Waals surface area (Å²) < 4.78 is 0. The summed E-state index contributed by atoms with van der Waals surface area (Å²) in [7, 11) is 0. The zero-order valence-electron chi connectivity index (χ0n) is 18.5. The van der Waals surface area contributed by atoms with Gasteiger partial charge in [-0.05, 0) is 58.7 Å². The standard InChI is InChI=1S/C29H23N5/c30-16-21-6-3-8-24(14-21)29(34-18-22-15-23-7-1-2-11-27(23)33-17-22)28(25-9-4-12-31-19-25)26-10-5-13-32-20-26/h1-15,17,19-20,28-29,34H,18H2. The van der Waals surface area contributed by atoms with Crippen LogP contribution in [0.1, 0.15) is 39.8 Å². The minimum absolute atomic E-state index is 0.0511. The first-order valence-corrected chi connectivity index (χ1v) is 11.2. The summed E-state index contributed by atoms with van der Waals surface area (Å²) in [5, 5.41) is 14.4. The molecular formula is C29H23N5. The number of para-hydroxylation sites is 1. The molecule has 5 heteroatoms. The molecule has 0 amide bonds. The van der Waals surface area contributed by atoms with Crippen LogP contribution in [-0.4, -0.2) is 15.0 Å². The van der Waals surface area contributed by atoms with Gasteiger partial charge in [0.1, 0.15) is 0 Å². The Balaban J connectivity index is 1.56. The highest BCUT2D eigenvalue weighted by atomic mass is 14.9. The maximum atomic E-state index is 9.53. The predicted octanol–water partition coefficient (Wildman–Crippen LogP) is 5.56. The van der Waals surface area contributed by atoms with Gasteiger partial charge in [0.15, 0.2) is 0 Å². The summed E-state index contributed by atoms with van der Waals surface area (Å²) in [5.41, 5.74) is 5.89. The Morgan fingerprint density at radius 1 is 0.765 bits per heavy atom. The van der Waals surface area contributed by atoms with Crippen LogP contribution >= 0.6 is 0 Å². The van der Waals surface area contributed by atoms with Crippen LogP contribution in [0, 0.1) is 11.3 Å². The first kappa shape index (κ1) is 21.4. The molecule has 0 fully saturated rings. The second-order valence-corrected chi connectivity index (χ2v) is 8.18. The molecule has 164 valence electrons. The van der Waals surface area contributed by atoms with Gasteiger partial charge in [0.25, 0.3) is 0 Å². The number of benzene rings is 2. The monoisotopic (exact) mass is 441 g/mol. The van der Waals surface area contributed by atoms with Crippen LogP contribution in [0.15, 0.2) is 110 Å². The smallest absolute Gasteiger partial charge is 0.0991 e. The summed E-state index contributed by atoms with van der Waals surface area (Å²) in [4.78, 5) is 13.4. The third kappa shape index (κ3) is 4.68. The number of hydrogen-bond acceptors (Lipinski definition) is 5. The van der Waals surface area contributed by atoms with E-state index < -0.39 is 0 Å². The van der Waals surface area contributed by atoms with Crippen molar-refractivity contribution in [3.05, 3.63) is 138 Å². The third-order valence-corrected chi connectivity index (χ3v) is 5.97. The van der Waals surface area contributed by atoms with E-state index in [4.69, 9.17) is 0 Å². The van der Waals surface area contributed by atoms with E-state index in [1.807, 2.05) is 67.1 Å². The molecule has 0 bridgehead atoms. The Morgan fingerprint density at radius 2 is 1.50 bits per heavy atom. The zero-order chi connectivity index (χ0) is 23.2. The number of fused-ring (bicyclic) bond motifs is 1. The summed E-state index contributed by atoms with van der Waals surface area (Å²) in [6.45, 7) is 0.621. The molecule has 0 saturated carbocycles. The summed E-state index contributed by atoms with van der Waals surface area (Å²) in [5.74, 6) is -0.0511. The molecule has 1 N–H and O–H groups in total. The van der Waals surface area contributed by atoms with Crippen LogP contribution in [-0.2, 0) is 6.54 Å². The number of aromatic nitrogens is 3. The molecule has 34 heavy (non-hydrogen) atoms. The van der Waals surface area contributed by atoms with E-state index in [9.17, 15) is 5.26 Å². The number of nitrogens with zero attached hydrogens (tertiary/aromatic N) is 4. The third-order valence-electron chi connectivity index (χ3n) is 5.97. The normalized spacial score (nSPS) is 11.9. The lowest BCUT2D eigenvalue weighted by atomic mass is 9.82. The molecule has 5 rings (SSSR count). The summed E-state index contributed by atoms with van der Waals surface area (Å²) in [6.07, 6.45) is 9.28. The molecule has 1 atom stereocenters. The molecule has 0 saturated heterocycles. The van der Waals surface area contributed by atoms with Gasteiger partial charge in [-0.25, -0.2) is 0 Å². The fraction of sp³-hybridized carbons (Fsp3) is 0.103. The van der Waals surface area contributed by atoms with Crippen LogP contribution in [0.25, 0.3) is 10.9 Å². The topological polar surface area (TPSA) is 74.5 Å². The molecular weight excluding hydrogens is 418 g/mol. The average molecular weight is 442 g/mol. The number of hydrogen-bond donors (Lipinski definition) is 1. The van der Waals surface area contributed by atoms with Crippen LogP contribution in [0.2, 0.25) is 0 Å². The van der Waals surface area contributed by atoms with Crippen molar-refractivity contribution in [2.24, 2.45) is 0 Å². The maximum absolute atomic E-state index is 9.53. The van der Waals surface area contributed by atoms with Crippen molar-refractivity contribution >= 4 is 10.9 Å². The van der Waals surface area contributed by atoms with E-state index in [0.717, 1.165) is 33.2 Å². The molecule has 3 aromatic heterocycles. The van der Waals surface area contributed by atoms with Gasteiger partial charge in [-0.15, -0.1) is 0 Å². The molecule has 0 spiro atoms. The molecule has 3 heterocycles. The van der Waals surface area contributed by atoms with E-state index in [1.54, 1.807) is 12.4 Å². The van der Waals surface area contributed by atoms with Gasteiger partial charge in [-0.3, -0.25) is 15.0 Å². The minimum Gasteiger partial charge on any atom is -0.305 e. The fourth-order valence-electron chi connectivity index (χ4n) is 4.37. The molecule has 0 radical (unpaired) electrons. The fourth-order valence-corrected chi connectivity index (χ4v) is 4.37. The van der Waals surface area contributed by atoms with Crippen LogP contribution in [0.3, 0.4) is 0 Å². The molecule has 5 aromatic rings. The second kappa shape index (κ2) is 10.0. The Morgan fingerprint density at radius 3 is 2.21 bits per heavy atom. The lowest BCUT2D eigenvalue weighted by molar-refractivity contribution is 0.481. The number of nitrogens with one attached hydrogen (secondary N) is 1. The van der Waals surface area contributed by atoms with Crippen molar-refractivity contribution in [3.63, 3.8) is 0 Å². The maximum Gasteiger partial charge on any atom is 0.0991 e. The van der Waals surface area contributed by atoms with E-state index in [2.05, 4.69) is 56.7 Å². The highest BCUT2D eigenvalue weighted by Crippen LogP contribution is 2.37. The van der Waals surface area contributed by atoms with E-state index in [0.29, 0.717) is 12.1 Å². The molecule has 5 nitrogen and oxygen atoms in total. The molecule has 0 aliphatic rings. The van der Waals surface area contributed by atoms with Gasteiger partial charge >= 0.3 is 0 Å². The second-order valence-electron chi connectivity index (χ2n) is 8.18. The summed E-state index contributed by atoms with van der Waals surface area (Å²) in [6, 6.07) is 28.3. The lowest BCUT2D eigenvalue weighted by Gasteiger charge is -2.29. The number of pyridine rings is 3. The van der Waals surface area contributed by atoms with E-state index in [1.165, 1.54) is 0 Å². The Bertz CT molecular complexity index is 1390. The van der Waals surface area contributed by atoms with Crippen molar-refractivity contribution in [3.8, 4) is 6.07 Å².